The van der Waals surface area contributed by atoms with Crippen LogP contribution in [0.3, 0.4) is 0 Å². The number of amides is 1. The number of anilines is 1. The lowest BCUT2D eigenvalue weighted by Gasteiger charge is -2.09. The first-order valence-electron chi connectivity index (χ1n) is 9.26. The predicted molar refractivity (Wildman–Crippen MR) is 129 cm³/mol. The van der Waals surface area contributed by atoms with Crippen LogP contribution in [0.4, 0.5) is 11.4 Å². The summed E-state index contributed by atoms with van der Waals surface area (Å²) in [5, 5.41) is 23.1. The monoisotopic (exact) mass is 561 g/mol. The Balaban J connectivity index is 1.79. The van der Waals surface area contributed by atoms with Crippen LogP contribution in [-0.4, -0.2) is 19.2 Å². The fourth-order valence-corrected chi connectivity index (χ4v) is 4.31. The van der Waals surface area contributed by atoms with Crippen LogP contribution in [-0.2, 0) is 14.9 Å². The van der Waals surface area contributed by atoms with Gasteiger partial charge in [-0.15, -0.1) is 0 Å². The van der Waals surface area contributed by atoms with Gasteiger partial charge in [-0.05, 0) is 70.0 Å². The molecule has 0 aliphatic carbocycles. The van der Waals surface area contributed by atoms with Gasteiger partial charge in [-0.2, -0.15) is 13.7 Å². The van der Waals surface area contributed by atoms with E-state index in [1.54, 1.807) is 6.07 Å². The Labute approximate surface area is 207 Å². The van der Waals surface area contributed by atoms with Crippen molar-refractivity contribution >= 4 is 61.0 Å². The van der Waals surface area contributed by atoms with E-state index in [-0.39, 0.29) is 32.1 Å². The molecule has 0 aliphatic rings. The Hall–Kier alpha value is -3.72. The number of non-ortho nitro benzene ring substituents is 1. The Bertz CT molecular complexity index is 1450. The van der Waals surface area contributed by atoms with Crippen molar-refractivity contribution in [1.29, 1.82) is 5.26 Å². The third-order valence-electron chi connectivity index (χ3n) is 4.25. The number of nitrogens with zero attached hydrogens (tertiary/aromatic N) is 2. The highest BCUT2D eigenvalue weighted by molar-refractivity contribution is 9.10. The Morgan fingerprint density at radius 2 is 1.85 bits per heavy atom. The summed E-state index contributed by atoms with van der Waals surface area (Å²) in [6.45, 7) is 0. The summed E-state index contributed by atoms with van der Waals surface area (Å²) in [5.41, 5.74) is 0.0563. The van der Waals surface area contributed by atoms with Crippen LogP contribution in [0, 0.1) is 21.4 Å². The number of carbonyl (C=O) groups excluding carboxylic acids is 1. The van der Waals surface area contributed by atoms with E-state index in [0.29, 0.717) is 10.6 Å². The maximum atomic E-state index is 12.5. The topological polar surface area (TPSA) is 139 Å². The lowest BCUT2D eigenvalue weighted by atomic mass is 10.1. The smallest absolute Gasteiger partial charge is 0.339 e. The molecule has 0 bridgehead atoms. The Morgan fingerprint density at radius 3 is 2.47 bits per heavy atom. The Morgan fingerprint density at radius 1 is 1.15 bits per heavy atom. The standard InChI is InChI=1S/C22H13BrClN3O6S/c23-20-11-14(4-9-21(20)33-34(31,32)19-7-5-16(24)6-8-19)10-15(13-25)22(28)26-17-2-1-3-18(12-17)27(29)30/h1-12H,(H,26,28)/b15-10+. The first-order valence-corrected chi connectivity index (χ1v) is 11.8. The van der Waals surface area contributed by atoms with Crippen LogP contribution in [0.25, 0.3) is 6.08 Å². The average Bonchev–Trinajstić information content (AvgIpc) is 2.79. The molecule has 0 unspecified atom stereocenters. The number of benzene rings is 3. The minimum Gasteiger partial charge on any atom is -0.378 e. The fraction of sp³-hybridized carbons (Fsp3) is 0. The molecule has 3 rings (SSSR count). The summed E-state index contributed by atoms with van der Waals surface area (Å²) < 4.78 is 30.4. The number of nitro benzene ring substituents is 1. The largest absolute Gasteiger partial charge is 0.378 e. The van der Waals surface area contributed by atoms with E-state index in [1.165, 1.54) is 66.7 Å². The van der Waals surface area contributed by atoms with Gasteiger partial charge in [-0.25, -0.2) is 0 Å². The van der Waals surface area contributed by atoms with E-state index < -0.39 is 20.9 Å². The normalized spacial score (nSPS) is 11.4. The molecule has 12 heteroatoms. The van der Waals surface area contributed by atoms with Crippen molar-refractivity contribution in [3.63, 3.8) is 0 Å². The molecular formula is C22H13BrClN3O6S. The number of nitro groups is 1. The van der Waals surface area contributed by atoms with Crippen molar-refractivity contribution in [1.82, 2.24) is 0 Å². The van der Waals surface area contributed by atoms with E-state index in [0.717, 1.165) is 6.07 Å². The fourth-order valence-electron chi connectivity index (χ4n) is 2.65. The highest BCUT2D eigenvalue weighted by Crippen LogP contribution is 2.30. The summed E-state index contributed by atoms with van der Waals surface area (Å²) in [6, 6.07) is 16.8. The van der Waals surface area contributed by atoms with Gasteiger partial charge in [0.1, 0.15) is 16.5 Å². The summed E-state index contributed by atoms with van der Waals surface area (Å²) >= 11 is 9.00. The number of hydrogen-bond acceptors (Lipinski definition) is 7. The average molecular weight is 563 g/mol. The van der Waals surface area contributed by atoms with Gasteiger partial charge in [-0.3, -0.25) is 14.9 Å². The summed E-state index contributed by atoms with van der Waals surface area (Å²) in [4.78, 5) is 22.6. The molecule has 0 saturated heterocycles. The molecule has 0 atom stereocenters. The second-order valence-corrected chi connectivity index (χ2v) is 9.45. The molecule has 3 aromatic carbocycles. The Kier molecular flexibility index (Phi) is 7.68. The second-order valence-electron chi connectivity index (χ2n) is 6.61. The van der Waals surface area contributed by atoms with Gasteiger partial charge in [0.25, 0.3) is 11.6 Å². The first-order chi connectivity index (χ1) is 16.1. The molecule has 0 aromatic heterocycles. The van der Waals surface area contributed by atoms with Crippen LogP contribution < -0.4 is 9.50 Å². The third-order valence-corrected chi connectivity index (χ3v) is 6.37. The summed E-state index contributed by atoms with van der Waals surface area (Å²) in [7, 11) is -4.12. The van der Waals surface area contributed by atoms with E-state index in [4.69, 9.17) is 15.8 Å². The lowest BCUT2D eigenvalue weighted by molar-refractivity contribution is -0.384. The van der Waals surface area contributed by atoms with Crippen LogP contribution in [0.15, 0.2) is 81.7 Å². The van der Waals surface area contributed by atoms with Gasteiger partial charge in [0.05, 0.1) is 9.40 Å². The maximum Gasteiger partial charge on any atom is 0.339 e. The van der Waals surface area contributed by atoms with Crippen molar-refractivity contribution < 1.29 is 22.3 Å². The molecule has 0 radical (unpaired) electrons. The molecule has 172 valence electrons. The van der Waals surface area contributed by atoms with Crippen molar-refractivity contribution in [3.05, 3.63) is 97.5 Å². The minimum atomic E-state index is -4.12. The number of rotatable bonds is 7. The first kappa shape index (κ1) is 24.9. The molecule has 34 heavy (non-hydrogen) atoms. The third kappa shape index (κ3) is 6.20. The second kappa shape index (κ2) is 10.5. The number of hydrogen-bond donors (Lipinski definition) is 1. The van der Waals surface area contributed by atoms with Gasteiger partial charge in [0, 0.05) is 22.8 Å². The zero-order valence-electron chi connectivity index (χ0n) is 16.9. The molecule has 3 aromatic rings. The van der Waals surface area contributed by atoms with Crippen LogP contribution in [0.1, 0.15) is 5.56 Å². The molecule has 0 spiro atoms. The van der Waals surface area contributed by atoms with Crippen molar-refractivity contribution in [3.8, 4) is 11.8 Å². The van der Waals surface area contributed by atoms with Gasteiger partial charge in [-0.1, -0.05) is 23.7 Å². The van der Waals surface area contributed by atoms with Crippen molar-refractivity contribution in [2.24, 2.45) is 0 Å². The highest BCUT2D eigenvalue weighted by atomic mass is 79.9. The van der Waals surface area contributed by atoms with E-state index in [1.807, 2.05) is 0 Å². The van der Waals surface area contributed by atoms with Crippen LogP contribution in [0.2, 0.25) is 5.02 Å². The van der Waals surface area contributed by atoms with Crippen molar-refractivity contribution in [2.75, 3.05) is 5.32 Å². The van der Waals surface area contributed by atoms with E-state index in [2.05, 4.69) is 21.2 Å². The quantitative estimate of drug-likeness (QED) is 0.135. The van der Waals surface area contributed by atoms with Gasteiger partial charge in [0.15, 0.2) is 5.75 Å². The van der Waals surface area contributed by atoms with Crippen LogP contribution in [0.5, 0.6) is 5.75 Å². The number of nitriles is 1. The van der Waals surface area contributed by atoms with E-state index in [9.17, 15) is 28.6 Å². The number of nitrogens with one attached hydrogen (secondary N) is 1. The van der Waals surface area contributed by atoms with E-state index >= 15 is 0 Å². The van der Waals surface area contributed by atoms with Gasteiger partial charge in [0.2, 0.25) is 0 Å². The van der Waals surface area contributed by atoms with Crippen LogP contribution >= 0.6 is 27.5 Å². The predicted octanol–water partition coefficient (Wildman–Crippen LogP) is 5.32. The highest BCUT2D eigenvalue weighted by Gasteiger charge is 2.19. The lowest BCUT2D eigenvalue weighted by Crippen LogP contribution is -2.13. The molecule has 0 saturated carbocycles. The maximum absolute atomic E-state index is 12.5. The van der Waals surface area contributed by atoms with Crippen molar-refractivity contribution in [2.45, 2.75) is 4.90 Å². The molecule has 0 fully saturated rings. The zero-order valence-corrected chi connectivity index (χ0v) is 20.1. The molecule has 1 amide bonds. The SMILES string of the molecule is N#C/C(=C\c1ccc(OS(=O)(=O)c2ccc(Cl)cc2)c(Br)c1)C(=O)Nc1cccc([N+](=O)[O-])c1. The molecule has 0 aliphatic heterocycles. The molecular weight excluding hydrogens is 550 g/mol. The number of carbonyl (C=O) groups is 1. The zero-order chi connectivity index (χ0) is 24.9. The summed E-state index contributed by atoms with van der Waals surface area (Å²) in [5.74, 6) is -0.781. The van der Waals surface area contributed by atoms with Gasteiger partial charge < -0.3 is 9.50 Å². The summed E-state index contributed by atoms with van der Waals surface area (Å²) in [6.07, 6.45) is 1.27. The molecule has 9 nitrogen and oxygen atoms in total. The molecule has 1 N–H and O–H groups in total. The number of halogens is 2. The van der Waals surface area contributed by atoms with Gasteiger partial charge >= 0.3 is 10.1 Å². The minimum absolute atomic E-state index is 0.00773. The molecule has 0 heterocycles.